The smallest absolute Gasteiger partial charge is 0.119 e. The van der Waals surface area contributed by atoms with Crippen LogP contribution in [0.15, 0.2) is 54.6 Å². The standard InChI is InChI=1S/C17H20O/c1-3-14(2)16-9-11-17(12-10-16)18-13-15-7-5-4-6-8-15/h4-12,14H,3,13H2,1-2H3/t14-/m1/s1. The molecule has 0 spiro atoms. The fraction of sp³-hybridized carbons (Fsp3) is 0.294. The van der Waals surface area contributed by atoms with Gasteiger partial charge in [-0.05, 0) is 35.6 Å². The monoisotopic (exact) mass is 240 g/mol. The van der Waals surface area contributed by atoms with E-state index in [1.165, 1.54) is 17.5 Å². The molecule has 0 unspecified atom stereocenters. The average molecular weight is 240 g/mol. The Labute approximate surface area is 109 Å². The highest BCUT2D eigenvalue weighted by atomic mass is 16.5. The van der Waals surface area contributed by atoms with E-state index in [4.69, 9.17) is 4.74 Å². The van der Waals surface area contributed by atoms with Gasteiger partial charge >= 0.3 is 0 Å². The zero-order valence-corrected chi connectivity index (χ0v) is 11.1. The fourth-order valence-electron chi connectivity index (χ4n) is 1.87. The van der Waals surface area contributed by atoms with Crippen molar-refractivity contribution in [1.82, 2.24) is 0 Å². The SMILES string of the molecule is CC[C@@H](C)c1ccc(OCc2ccccc2)cc1. The van der Waals surface area contributed by atoms with Gasteiger partial charge in [-0.3, -0.25) is 0 Å². The van der Waals surface area contributed by atoms with Crippen LogP contribution in [0.1, 0.15) is 37.3 Å². The van der Waals surface area contributed by atoms with Crippen LogP contribution in [0.25, 0.3) is 0 Å². The molecule has 2 rings (SSSR count). The summed E-state index contributed by atoms with van der Waals surface area (Å²) in [5.41, 5.74) is 2.58. The van der Waals surface area contributed by atoms with Crippen molar-refractivity contribution < 1.29 is 4.74 Å². The third-order valence-electron chi connectivity index (χ3n) is 3.31. The molecule has 0 aliphatic rings. The van der Waals surface area contributed by atoms with E-state index >= 15 is 0 Å². The predicted octanol–water partition coefficient (Wildman–Crippen LogP) is 4.78. The second kappa shape index (κ2) is 6.25. The molecule has 0 heterocycles. The zero-order valence-electron chi connectivity index (χ0n) is 11.1. The Kier molecular flexibility index (Phi) is 4.40. The maximum atomic E-state index is 5.76. The molecule has 0 N–H and O–H groups in total. The van der Waals surface area contributed by atoms with Gasteiger partial charge in [-0.25, -0.2) is 0 Å². The largest absolute Gasteiger partial charge is 0.489 e. The molecule has 0 aromatic heterocycles. The van der Waals surface area contributed by atoms with Crippen molar-refractivity contribution in [2.75, 3.05) is 0 Å². The van der Waals surface area contributed by atoms with Gasteiger partial charge in [0.15, 0.2) is 0 Å². The van der Waals surface area contributed by atoms with Gasteiger partial charge < -0.3 is 4.74 Å². The molecular formula is C17H20O. The molecule has 2 aromatic rings. The highest BCUT2D eigenvalue weighted by Gasteiger charge is 2.02. The fourth-order valence-corrected chi connectivity index (χ4v) is 1.87. The van der Waals surface area contributed by atoms with Crippen LogP contribution in [0.3, 0.4) is 0 Å². The average Bonchev–Trinajstić information content (AvgIpc) is 2.46. The van der Waals surface area contributed by atoms with E-state index in [2.05, 4.69) is 50.2 Å². The maximum absolute atomic E-state index is 5.76. The highest BCUT2D eigenvalue weighted by Crippen LogP contribution is 2.21. The molecule has 0 fully saturated rings. The molecule has 0 bridgehead atoms. The lowest BCUT2D eigenvalue weighted by Gasteiger charge is -2.10. The van der Waals surface area contributed by atoms with Crippen LogP contribution in [0.5, 0.6) is 5.75 Å². The summed E-state index contributed by atoms with van der Waals surface area (Å²) < 4.78 is 5.76. The van der Waals surface area contributed by atoms with Crippen LogP contribution in [0.4, 0.5) is 0 Å². The molecular weight excluding hydrogens is 220 g/mol. The summed E-state index contributed by atoms with van der Waals surface area (Å²) in [5.74, 6) is 1.55. The van der Waals surface area contributed by atoms with Crippen molar-refractivity contribution in [2.24, 2.45) is 0 Å². The van der Waals surface area contributed by atoms with E-state index in [1.54, 1.807) is 0 Å². The second-order valence-corrected chi connectivity index (χ2v) is 4.65. The maximum Gasteiger partial charge on any atom is 0.119 e. The van der Waals surface area contributed by atoms with Crippen molar-refractivity contribution >= 4 is 0 Å². The summed E-state index contributed by atoms with van der Waals surface area (Å²) in [6, 6.07) is 18.7. The van der Waals surface area contributed by atoms with Crippen molar-refractivity contribution in [2.45, 2.75) is 32.8 Å². The van der Waals surface area contributed by atoms with Crippen molar-refractivity contribution in [3.8, 4) is 5.75 Å². The van der Waals surface area contributed by atoms with Gasteiger partial charge in [-0.1, -0.05) is 56.3 Å². The minimum Gasteiger partial charge on any atom is -0.489 e. The van der Waals surface area contributed by atoms with Gasteiger partial charge in [0.05, 0.1) is 0 Å². The summed E-state index contributed by atoms with van der Waals surface area (Å²) in [6.45, 7) is 5.09. The van der Waals surface area contributed by atoms with E-state index in [9.17, 15) is 0 Å². The van der Waals surface area contributed by atoms with E-state index in [0.29, 0.717) is 12.5 Å². The van der Waals surface area contributed by atoms with Gasteiger partial charge in [-0.15, -0.1) is 0 Å². The van der Waals surface area contributed by atoms with Crippen LogP contribution in [-0.4, -0.2) is 0 Å². The molecule has 0 aliphatic heterocycles. The number of rotatable bonds is 5. The van der Waals surface area contributed by atoms with Crippen LogP contribution in [0.2, 0.25) is 0 Å². The summed E-state index contributed by atoms with van der Waals surface area (Å²) >= 11 is 0. The number of benzene rings is 2. The summed E-state index contributed by atoms with van der Waals surface area (Å²) in [6.07, 6.45) is 1.17. The molecule has 0 saturated carbocycles. The number of hydrogen-bond donors (Lipinski definition) is 0. The van der Waals surface area contributed by atoms with Crippen molar-refractivity contribution in [3.63, 3.8) is 0 Å². The Hall–Kier alpha value is -1.76. The first-order valence-corrected chi connectivity index (χ1v) is 6.56. The summed E-state index contributed by atoms with van der Waals surface area (Å²) in [4.78, 5) is 0. The quantitative estimate of drug-likeness (QED) is 0.731. The molecule has 2 aromatic carbocycles. The Morgan fingerprint density at radius 2 is 1.61 bits per heavy atom. The minimum atomic E-state index is 0.619. The van der Waals surface area contributed by atoms with Crippen LogP contribution >= 0.6 is 0 Å². The lowest BCUT2D eigenvalue weighted by atomic mass is 9.99. The normalized spacial score (nSPS) is 12.1. The molecule has 0 amide bonds. The first-order chi connectivity index (χ1) is 8.79. The first-order valence-electron chi connectivity index (χ1n) is 6.56. The van der Waals surface area contributed by atoms with E-state index < -0.39 is 0 Å². The van der Waals surface area contributed by atoms with E-state index in [0.717, 1.165) is 5.75 Å². The van der Waals surface area contributed by atoms with Gasteiger partial charge in [0.25, 0.3) is 0 Å². The molecule has 0 radical (unpaired) electrons. The highest BCUT2D eigenvalue weighted by molar-refractivity contribution is 5.29. The van der Waals surface area contributed by atoms with Crippen molar-refractivity contribution in [1.29, 1.82) is 0 Å². The van der Waals surface area contributed by atoms with E-state index in [-0.39, 0.29) is 0 Å². The number of hydrogen-bond acceptors (Lipinski definition) is 1. The Morgan fingerprint density at radius 1 is 0.944 bits per heavy atom. The lowest BCUT2D eigenvalue weighted by Crippen LogP contribution is -1.96. The Bertz CT molecular complexity index is 459. The van der Waals surface area contributed by atoms with Gasteiger partial charge in [0.2, 0.25) is 0 Å². The van der Waals surface area contributed by atoms with Crippen LogP contribution < -0.4 is 4.74 Å². The minimum absolute atomic E-state index is 0.619. The lowest BCUT2D eigenvalue weighted by molar-refractivity contribution is 0.306. The van der Waals surface area contributed by atoms with E-state index in [1.807, 2.05) is 18.2 Å². The van der Waals surface area contributed by atoms with Crippen LogP contribution in [0, 0.1) is 0 Å². The zero-order chi connectivity index (χ0) is 12.8. The Morgan fingerprint density at radius 3 is 2.22 bits per heavy atom. The van der Waals surface area contributed by atoms with Gasteiger partial charge in [0, 0.05) is 0 Å². The third-order valence-corrected chi connectivity index (χ3v) is 3.31. The Balaban J connectivity index is 1.94. The number of ether oxygens (including phenoxy) is 1. The van der Waals surface area contributed by atoms with Gasteiger partial charge in [0.1, 0.15) is 12.4 Å². The topological polar surface area (TPSA) is 9.23 Å². The van der Waals surface area contributed by atoms with Crippen molar-refractivity contribution in [3.05, 3.63) is 65.7 Å². The summed E-state index contributed by atoms with van der Waals surface area (Å²) in [5, 5.41) is 0. The molecule has 1 atom stereocenters. The molecule has 94 valence electrons. The van der Waals surface area contributed by atoms with Gasteiger partial charge in [-0.2, -0.15) is 0 Å². The van der Waals surface area contributed by atoms with Crippen LogP contribution in [-0.2, 0) is 6.61 Å². The first kappa shape index (κ1) is 12.7. The molecule has 0 saturated heterocycles. The third kappa shape index (κ3) is 3.36. The molecule has 18 heavy (non-hydrogen) atoms. The predicted molar refractivity (Wildman–Crippen MR) is 75.9 cm³/mol. The molecule has 1 heteroatoms. The second-order valence-electron chi connectivity index (χ2n) is 4.65. The molecule has 1 nitrogen and oxygen atoms in total. The summed E-state index contributed by atoms with van der Waals surface area (Å²) in [7, 11) is 0. The molecule has 0 aliphatic carbocycles.